The summed E-state index contributed by atoms with van der Waals surface area (Å²) < 4.78 is 0. The van der Waals surface area contributed by atoms with Crippen molar-refractivity contribution < 1.29 is 9.90 Å². The van der Waals surface area contributed by atoms with E-state index < -0.39 is 0 Å². The van der Waals surface area contributed by atoms with Crippen LogP contribution in [0.25, 0.3) is 0 Å². The van der Waals surface area contributed by atoms with E-state index in [0.717, 1.165) is 19.5 Å². The van der Waals surface area contributed by atoms with E-state index in [-0.39, 0.29) is 12.5 Å². The Bertz CT molecular complexity index is 181. The minimum absolute atomic E-state index is 0.222. The van der Waals surface area contributed by atoms with Gasteiger partial charge in [0.15, 0.2) is 0 Å². The van der Waals surface area contributed by atoms with Crippen molar-refractivity contribution in [2.24, 2.45) is 5.73 Å². The molecule has 1 aliphatic carbocycles. The summed E-state index contributed by atoms with van der Waals surface area (Å²) in [5, 5.41) is 8.75. The Morgan fingerprint density at radius 2 is 2.14 bits per heavy atom. The number of aliphatic hydroxyl groups is 1. The van der Waals surface area contributed by atoms with E-state index in [0.29, 0.717) is 12.5 Å². The zero-order valence-electron chi connectivity index (χ0n) is 8.61. The summed E-state index contributed by atoms with van der Waals surface area (Å²) in [6, 6.07) is 0.626. The van der Waals surface area contributed by atoms with E-state index in [1.807, 2.05) is 0 Å². The molecule has 82 valence electrons. The van der Waals surface area contributed by atoms with Gasteiger partial charge in [-0.05, 0) is 19.3 Å². The van der Waals surface area contributed by atoms with Gasteiger partial charge in [0.1, 0.15) is 0 Å². The van der Waals surface area contributed by atoms with Gasteiger partial charge in [0.25, 0.3) is 0 Å². The Morgan fingerprint density at radius 3 is 2.57 bits per heavy atom. The van der Waals surface area contributed by atoms with Crippen molar-refractivity contribution >= 4 is 5.91 Å². The Labute approximate surface area is 85.1 Å². The normalized spacial score (nSPS) is 17.0. The van der Waals surface area contributed by atoms with E-state index in [1.54, 1.807) is 0 Å². The van der Waals surface area contributed by atoms with Crippen LogP contribution in [0.3, 0.4) is 0 Å². The Morgan fingerprint density at radius 1 is 1.43 bits per heavy atom. The van der Waals surface area contributed by atoms with Crippen LogP contribution in [-0.2, 0) is 4.79 Å². The van der Waals surface area contributed by atoms with E-state index in [9.17, 15) is 4.79 Å². The molecule has 1 amide bonds. The van der Waals surface area contributed by atoms with Crippen molar-refractivity contribution in [3.8, 4) is 0 Å². The molecule has 1 rings (SSSR count). The lowest BCUT2D eigenvalue weighted by atomic mass is 9.91. The molecular weight excluding hydrogens is 180 g/mol. The number of rotatable bonds is 7. The van der Waals surface area contributed by atoms with Crippen molar-refractivity contribution in [2.45, 2.75) is 38.1 Å². The van der Waals surface area contributed by atoms with Gasteiger partial charge in [-0.15, -0.1) is 0 Å². The molecule has 0 spiro atoms. The zero-order valence-corrected chi connectivity index (χ0v) is 8.61. The number of carbonyl (C=O) groups excluding carboxylic acids is 1. The van der Waals surface area contributed by atoms with Gasteiger partial charge in [0.2, 0.25) is 5.91 Å². The van der Waals surface area contributed by atoms with Crippen LogP contribution < -0.4 is 5.73 Å². The predicted octanol–water partition coefficient (Wildman–Crippen LogP) is 0.0987. The Balaban J connectivity index is 2.24. The highest BCUT2D eigenvalue weighted by Gasteiger charge is 2.24. The number of carbonyl (C=O) groups is 1. The third-order valence-electron chi connectivity index (χ3n) is 2.84. The van der Waals surface area contributed by atoms with Gasteiger partial charge in [0.05, 0.1) is 0 Å². The van der Waals surface area contributed by atoms with Crippen LogP contribution in [0.4, 0.5) is 0 Å². The first-order valence-electron chi connectivity index (χ1n) is 5.37. The van der Waals surface area contributed by atoms with Crippen molar-refractivity contribution in [3.63, 3.8) is 0 Å². The third kappa shape index (κ3) is 3.64. The molecule has 3 N–H and O–H groups in total. The van der Waals surface area contributed by atoms with Crippen molar-refractivity contribution in [3.05, 3.63) is 0 Å². The first kappa shape index (κ1) is 11.5. The van der Waals surface area contributed by atoms with Gasteiger partial charge in [-0.1, -0.05) is 6.42 Å². The number of nitrogens with zero attached hydrogens (tertiary/aromatic N) is 1. The lowest BCUT2D eigenvalue weighted by Gasteiger charge is -2.37. The summed E-state index contributed by atoms with van der Waals surface area (Å²) in [5.74, 6) is -0.238. The fourth-order valence-corrected chi connectivity index (χ4v) is 1.76. The van der Waals surface area contributed by atoms with Gasteiger partial charge >= 0.3 is 0 Å². The van der Waals surface area contributed by atoms with Crippen LogP contribution in [0.1, 0.15) is 32.1 Å². The summed E-state index contributed by atoms with van der Waals surface area (Å²) >= 11 is 0. The van der Waals surface area contributed by atoms with E-state index >= 15 is 0 Å². The second-order valence-corrected chi connectivity index (χ2v) is 3.91. The lowest BCUT2D eigenvalue weighted by Crippen LogP contribution is -2.42. The molecule has 0 radical (unpaired) electrons. The molecule has 4 heteroatoms. The molecule has 0 atom stereocenters. The fourth-order valence-electron chi connectivity index (χ4n) is 1.76. The van der Waals surface area contributed by atoms with E-state index in [2.05, 4.69) is 4.90 Å². The zero-order chi connectivity index (χ0) is 10.4. The molecule has 0 aromatic rings. The molecule has 0 aromatic carbocycles. The van der Waals surface area contributed by atoms with Crippen LogP contribution in [-0.4, -0.2) is 41.7 Å². The molecule has 0 bridgehead atoms. The van der Waals surface area contributed by atoms with Crippen molar-refractivity contribution in [1.29, 1.82) is 0 Å². The lowest BCUT2D eigenvalue weighted by molar-refractivity contribution is -0.118. The van der Waals surface area contributed by atoms with Crippen LogP contribution in [0, 0.1) is 0 Å². The molecule has 0 aliphatic heterocycles. The maximum atomic E-state index is 10.7. The molecule has 1 aliphatic rings. The topological polar surface area (TPSA) is 66.6 Å². The average molecular weight is 200 g/mol. The van der Waals surface area contributed by atoms with Crippen LogP contribution in [0.5, 0.6) is 0 Å². The van der Waals surface area contributed by atoms with Gasteiger partial charge in [0, 0.05) is 32.2 Å². The highest BCUT2D eigenvalue weighted by atomic mass is 16.3. The first-order valence-corrected chi connectivity index (χ1v) is 5.37. The second kappa shape index (κ2) is 5.98. The average Bonchev–Trinajstić information content (AvgIpc) is 2.06. The largest absolute Gasteiger partial charge is 0.396 e. The third-order valence-corrected chi connectivity index (χ3v) is 2.84. The number of primary amides is 1. The van der Waals surface area contributed by atoms with Crippen molar-refractivity contribution in [1.82, 2.24) is 4.90 Å². The molecule has 1 saturated carbocycles. The Kier molecular flexibility index (Phi) is 4.90. The minimum Gasteiger partial charge on any atom is -0.396 e. The maximum Gasteiger partial charge on any atom is 0.218 e. The number of hydrogen-bond acceptors (Lipinski definition) is 3. The van der Waals surface area contributed by atoms with Gasteiger partial charge < -0.3 is 10.8 Å². The molecule has 4 nitrogen and oxygen atoms in total. The standard InChI is InChI=1S/C10H20N2O2/c11-10(14)5-7-12(6-2-8-13)9-3-1-4-9/h9,13H,1-8H2,(H2,11,14). The highest BCUT2D eigenvalue weighted by molar-refractivity contribution is 5.73. The van der Waals surface area contributed by atoms with Gasteiger partial charge in [-0.2, -0.15) is 0 Å². The van der Waals surface area contributed by atoms with Crippen molar-refractivity contribution in [2.75, 3.05) is 19.7 Å². The predicted molar refractivity (Wildman–Crippen MR) is 54.7 cm³/mol. The van der Waals surface area contributed by atoms with E-state index in [4.69, 9.17) is 10.8 Å². The molecule has 14 heavy (non-hydrogen) atoms. The maximum absolute atomic E-state index is 10.7. The number of aliphatic hydroxyl groups excluding tert-OH is 1. The molecule has 1 fully saturated rings. The van der Waals surface area contributed by atoms with Crippen LogP contribution >= 0.6 is 0 Å². The summed E-state index contributed by atoms with van der Waals surface area (Å²) in [7, 11) is 0. The molecule has 0 saturated heterocycles. The summed E-state index contributed by atoms with van der Waals surface area (Å²) in [6.45, 7) is 1.86. The Hall–Kier alpha value is -0.610. The monoisotopic (exact) mass is 200 g/mol. The molecular formula is C10H20N2O2. The van der Waals surface area contributed by atoms with E-state index in [1.165, 1.54) is 19.3 Å². The number of amides is 1. The molecule has 0 unspecified atom stereocenters. The van der Waals surface area contributed by atoms with Gasteiger partial charge in [-0.3, -0.25) is 9.69 Å². The SMILES string of the molecule is NC(=O)CCN(CCCO)C1CCC1. The quantitative estimate of drug-likeness (QED) is 0.612. The van der Waals surface area contributed by atoms with Gasteiger partial charge in [-0.25, -0.2) is 0 Å². The summed E-state index contributed by atoms with van der Waals surface area (Å²) in [5.41, 5.74) is 5.11. The molecule has 0 aromatic heterocycles. The fraction of sp³-hybridized carbons (Fsp3) is 0.900. The number of nitrogens with two attached hydrogens (primary N) is 1. The minimum atomic E-state index is -0.238. The highest BCUT2D eigenvalue weighted by Crippen LogP contribution is 2.24. The van der Waals surface area contributed by atoms with Crippen LogP contribution in [0.2, 0.25) is 0 Å². The summed E-state index contributed by atoms with van der Waals surface area (Å²) in [6.07, 6.45) is 4.96. The smallest absolute Gasteiger partial charge is 0.218 e. The second-order valence-electron chi connectivity index (χ2n) is 3.91. The summed E-state index contributed by atoms with van der Waals surface area (Å²) in [4.78, 5) is 12.9. The van der Waals surface area contributed by atoms with Crippen LogP contribution in [0.15, 0.2) is 0 Å². The first-order chi connectivity index (χ1) is 6.74. The molecule has 0 heterocycles. The number of hydrogen-bond donors (Lipinski definition) is 2.